The molecule has 4 rings (SSSR count). The highest BCUT2D eigenvalue weighted by Crippen LogP contribution is 2.31. The number of nitrogens with one attached hydrogen (secondary N) is 2. The molecule has 10 heteroatoms. The summed E-state index contributed by atoms with van der Waals surface area (Å²) in [4.78, 5) is 14.2. The van der Waals surface area contributed by atoms with E-state index in [1.165, 1.54) is 11.3 Å². The van der Waals surface area contributed by atoms with Crippen LogP contribution in [0.3, 0.4) is 0 Å². The zero-order valence-corrected chi connectivity index (χ0v) is 16.8. The van der Waals surface area contributed by atoms with E-state index in [9.17, 15) is 4.79 Å². The molecule has 0 aliphatic carbocycles. The summed E-state index contributed by atoms with van der Waals surface area (Å²) in [5.41, 5.74) is 1.85. The summed E-state index contributed by atoms with van der Waals surface area (Å²) in [6.07, 6.45) is 5.01. The van der Waals surface area contributed by atoms with Crippen molar-refractivity contribution in [1.29, 1.82) is 0 Å². The van der Waals surface area contributed by atoms with E-state index < -0.39 is 5.54 Å². The Hall–Kier alpha value is -1.94. The van der Waals surface area contributed by atoms with E-state index >= 15 is 0 Å². The fraction of sp³-hybridized carbons (Fsp3) is 0.294. The summed E-state index contributed by atoms with van der Waals surface area (Å²) in [5, 5.41) is 18.6. The van der Waals surface area contributed by atoms with E-state index in [1.54, 1.807) is 28.2 Å². The lowest BCUT2D eigenvalue weighted by molar-refractivity contribution is -0.126. The van der Waals surface area contributed by atoms with Crippen molar-refractivity contribution in [1.82, 2.24) is 25.3 Å². The molecule has 0 spiro atoms. The minimum Gasteiger partial charge on any atom is -0.324 e. The first kappa shape index (κ1) is 19.8. The van der Waals surface area contributed by atoms with Crippen LogP contribution in [-0.4, -0.2) is 39.0 Å². The van der Waals surface area contributed by atoms with Gasteiger partial charge in [-0.3, -0.25) is 9.48 Å². The van der Waals surface area contributed by atoms with Gasteiger partial charge in [0.2, 0.25) is 0 Å². The third kappa shape index (κ3) is 4.32. The average Bonchev–Trinajstić information content (AvgIpc) is 3.38. The first-order valence-corrected chi connectivity index (χ1v) is 10.0. The Bertz CT molecular complexity index is 848. The van der Waals surface area contributed by atoms with E-state index in [4.69, 9.17) is 0 Å². The molecule has 3 aromatic rings. The Balaban J connectivity index is 0.00000210. The van der Waals surface area contributed by atoms with Gasteiger partial charge < -0.3 is 10.6 Å². The second kappa shape index (κ2) is 8.83. The van der Waals surface area contributed by atoms with Crippen LogP contribution in [0.5, 0.6) is 0 Å². The van der Waals surface area contributed by atoms with Crippen molar-refractivity contribution in [2.45, 2.75) is 27.6 Å². The van der Waals surface area contributed by atoms with Gasteiger partial charge in [-0.05, 0) is 56.3 Å². The summed E-state index contributed by atoms with van der Waals surface area (Å²) in [6, 6.07) is 9.64. The number of benzene rings is 1. The zero-order chi connectivity index (χ0) is 17.8. The first-order chi connectivity index (χ1) is 12.8. The van der Waals surface area contributed by atoms with E-state index in [2.05, 4.69) is 25.9 Å². The van der Waals surface area contributed by atoms with Gasteiger partial charge in [0, 0.05) is 23.0 Å². The number of hydrogen-bond donors (Lipinski definition) is 2. The molecular formula is C17H19ClN6OS2. The predicted molar refractivity (Wildman–Crippen MR) is 109 cm³/mol. The van der Waals surface area contributed by atoms with Crippen molar-refractivity contribution >= 4 is 47.1 Å². The summed E-state index contributed by atoms with van der Waals surface area (Å²) < 4.78 is 2.69. The minimum absolute atomic E-state index is 0. The van der Waals surface area contributed by atoms with Crippen LogP contribution in [0.25, 0.3) is 0 Å². The van der Waals surface area contributed by atoms with Crippen molar-refractivity contribution in [2.75, 3.05) is 18.4 Å². The molecule has 0 atom stereocenters. The number of carbonyl (C=O) groups is 1. The minimum atomic E-state index is -0.644. The van der Waals surface area contributed by atoms with Crippen molar-refractivity contribution in [3.8, 4) is 0 Å². The Labute approximate surface area is 171 Å². The molecule has 2 aromatic heterocycles. The molecule has 1 aliphatic rings. The molecule has 142 valence electrons. The Kier molecular flexibility index (Phi) is 6.48. The van der Waals surface area contributed by atoms with E-state index in [-0.39, 0.29) is 18.3 Å². The lowest BCUT2D eigenvalue weighted by Crippen LogP contribution is -2.52. The molecule has 1 amide bonds. The van der Waals surface area contributed by atoms with Crippen molar-refractivity contribution in [3.63, 3.8) is 0 Å². The van der Waals surface area contributed by atoms with Crippen LogP contribution in [-0.2, 0) is 10.3 Å². The van der Waals surface area contributed by atoms with Crippen LogP contribution in [0.4, 0.5) is 5.69 Å². The maximum absolute atomic E-state index is 13.1. The molecular weight excluding hydrogens is 404 g/mol. The Morgan fingerprint density at radius 3 is 2.67 bits per heavy atom. The van der Waals surface area contributed by atoms with E-state index in [1.807, 2.05) is 36.5 Å². The number of halogens is 1. The smallest absolute Gasteiger partial charge is 0.252 e. The van der Waals surface area contributed by atoms with Gasteiger partial charge in [0.15, 0.2) is 4.34 Å². The second-order valence-corrected chi connectivity index (χ2v) is 8.17. The Morgan fingerprint density at radius 2 is 2.04 bits per heavy atom. The standard InChI is InChI=1S/C17H18N6OS2.ClH/c24-15(17(6-9-18-10-7-17)23-11-1-8-20-23)21-13-2-4-14(5-3-13)26-16-22-19-12-25-16;/h1-5,8,11-12,18H,6-7,9-10H2,(H,21,24);1H. The van der Waals surface area contributed by atoms with Gasteiger partial charge in [0.1, 0.15) is 11.0 Å². The van der Waals surface area contributed by atoms with Gasteiger partial charge in [0.25, 0.3) is 5.91 Å². The van der Waals surface area contributed by atoms with Gasteiger partial charge in [0.05, 0.1) is 0 Å². The molecule has 1 aromatic carbocycles. The lowest BCUT2D eigenvalue weighted by atomic mass is 9.87. The summed E-state index contributed by atoms with van der Waals surface area (Å²) in [5.74, 6) is -0.0211. The highest BCUT2D eigenvalue weighted by molar-refractivity contribution is 8.01. The molecule has 27 heavy (non-hydrogen) atoms. The average molecular weight is 423 g/mol. The van der Waals surface area contributed by atoms with Gasteiger partial charge in [-0.15, -0.1) is 22.6 Å². The highest BCUT2D eigenvalue weighted by atomic mass is 35.5. The normalized spacial score (nSPS) is 15.7. The van der Waals surface area contributed by atoms with Crippen molar-refractivity contribution in [2.24, 2.45) is 0 Å². The second-order valence-electron chi connectivity index (χ2n) is 6.02. The predicted octanol–water partition coefficient (Wildman–Crippen LogP) is 3.03. The maximum atomic E-state index is 13.1. The van der Waals surface area contributed by atoms with Crippen LogP contribution in [0.15, 0.2) is 57.5 Å². The number of rotatable bonds is 5. The number of amides is 1. The number of piperidine rings is 1. The molecule has 3 heterocycles. The fourth-order valence-electron chi connectivity index (χ4n) is 3.08. The molecule has 1 aliphatic heterocycles. The monoisotopic (exact) mass is 422 g/mol. The largest absolute Gasteiger partial charge is 0.324 e. The van der Waals surface area contributed by atoms with Crippen molar-refractivity contribution in [3.05, 3.63) is 48.2 Å². The number of nitrogens with zero attached hydrogens (tertiary/aromatic N) is 4. The topological polar surface area (TPSA) is 84.7 Å². The molecule has 2 N–H and O–H groups in total. The number of aromatic nitrogens is 4. The Morgan fingerprint density at radius 1 is 1.26 bits per heavy atom. The SMILES string of the molecule is Cl.O=C(Nc1ccc(Sc2nncs2)cc1)C1(n2cccn2)CCNCC1. The van der Waals surface area contributed by atoms with Crippen LogP contribution in [0.1, 0.15) is 12.8 Å². The van der Waals surface area contributed by atoms with Gasteiger partial charge in [-0.25, -0.2) is 0 Å². The first-order valence-electron chi connectivity index (χ1n) is 8.33. The van der Waals surface area contributed by atoms with Crippen LogP contribution in [0.2, 0.25) is 0 Å². The number of hydrogen-bond acceptors (Lipinski definition) is 7. The summed E-state index contributed by atoms with van der Waals surface area (Å²) in [7, 11) is 0. The van der Waals surface area contributed by atoms with Gasteiger partial charge >= 0.3 is 0 Å². The lowest BCUT2D eigenvalue weighted by Gasteiger charge is -2.36. The maximum Gasteiger partial charge on any atom is 0.252 e. The molecule has 1 saturated heterocycles. The van der Waals surface area contributed by atoms with Crippen molar-refractivity contribution < 1.29 is 4.79 Å². The molecule has 0 radical (unpaired) electrons. The zero-order valence-electron chi connectivity index (χ0n) is 14.4. The van der Waals surface area contributed by atoms with E-state index in [0.717, 1.165) is 28.0 Å². The molecule has 0 unspecified atom stereocenters. The van der Waals surface area contributed by atoms with Gasteiger partial charge in [-0.2, -0.15) is 5.10 Å². The highest BCUT2D eigenvalue weighted by Gasteiger charge is 2.42. The molecule has 0 bridgehead atoms. The van der Waals surface area contributed by atoms with Gasteiger partial charge in [-0.1, -0.05) is 23.1 Å². The quantitative estimate of drug-likeness (QED) is 0.657. The van der Waals surface area contributed by atoms with Crippen LogP contribution in [0, 0.1) is 0 Å². The molecule has 0 saturated carbocycles. The van der Waals surface area contributed by atoms with Crippen LogP contribution >= 0.6 is 35.5 Å². The third-order valence-electron chi connectivity index (χ3n) is 4.45. The molecule has 1 fully saturated rings. The van der Waals surface area contributed by atoms with E-state index in [0.29, 0.717) is 12.8 Å². The number of carbonyl (C=O) groups excluding carboxylic acids is 1. The summed E-state index contributed by atoms with van der Waals surface area (Å²) >= 11 is 3.06. The third-order valence-corrected chi connectivity index (χ3v) is 6.24. The molecule has 7 nitrogen and oxygen atoms in total. The number of anilines is 1. The fourth-order valence-corrected chi connectivity index (χ4v) is 4.54. The summed E-state index contributed by atoms with van der Waals surface area (Å²) in [6.45, 7) is 1.59. The van der Waals surface area contributed by atoms with Crippen LogP contribution < -0.4 is 10.6 Å².